The van der Waals surface area contributed by atoms with E-state index in [4.69, 9.17) is 24.3 Å². The van der Waals surface area contributed by atoms with Gasteiger partial charge >= 0.3 is 13.7 Å². The molecular formula is C30H30N9O8P. The summed E-state index contributed by atoms with van der Waals surface area (Å²) in [5.41, 5.74) is 14.1. The van der Waals surface area contributed by atoms with E-state index in [0.29, 0.717) is 5.39 Å². The Morgan fingerprint density at radius 1 is 1.15 bits per heavy atom. The molecule has 1 saturated heterocycles. The smallest absolute Gasteiger partial charge is 0.459 e. The number of anilines is 1. The standard InChI is InChI=1S/C30H30N9O8P/c1-18(29(42)44-14-19-8-3-2-4-9-19)36-48(43,47-22-13-7-11-20-10-5-6-12-21(20)22)45-15-30(37-38-32)25(41)24(40)28(46-30)39-17-35-23-26(31)33-16-34-27(23)39/h2-13,16-18,24-25,28,40-41H,14-15H2,1H3,(H,36,43)(H2,31,33,34). The predicted molar refractivity (Wildman–Crippen MR) is 171 cm³/mol. The zero-order valence-electron chi connectivity index (χ0n) is 25.3. The summed E-state index contributed by atoms with van der Waals surface area (Å²) in [5, 5.41) is 29.8. The molecule has 0 aliphatic carbocycles. The fourth-order valence-corrected chi connectivity index (χ4v) is 6.70. The van der Waals surface area contributed by atoms with Gasteiger partial charge in [0.2, 0.25) is 5.72 Å². The van der Waals surface area contributed by atoms with E-state index in [1.54, 1.807) is 48.5 Å². The quantitative estimate of drug-likeness (QED) is 0.0485. The molecular weight excluding hydrogens is 645 g/mol. The first kappa shape index (κ1) is 32.8. The number of aliphatic hydroxyl groups is 2. The van der Waals surface area contributed by atoms with Crippen molar-refractivity contribution in [2.45, 2.75) is 43.7 Å². The number of ether oxygens (including phenoxy) is 2. The van der Waals surface area contributed by atoms with Crippen LogP contribution in [0.2, 0.25) is 0 Å². The number of benzene rings is 3. The molecule has 0 bridgehead atoms. The number of nitrogens with two attached hydrogens (primary N) is 1. The molecule has 17 nitrogen and oxygen atoms in total. The number of nitrogens with zero attached hydrogens (tertiary/aromatic N) is 7. The third-order valence-electron chi connectivity index (χ3n) is 7.62. The highest BCUT2D eigenvalue weighted by molar-refractivity contribution is 7.52. The Labute approximate surface area is 272 Å². The lowest BCUT2D eigenvalue weighted by Crippen LogP contribution is -2.45. The van der Waals surface area contributed by atoms with Crippen molar-refractivity contribution < 1.29 is 38.1 Å². The molecule has 5 aromatic rings. The highest BCUT2D eigenvalue weighted by Crippen LogP contribution is 2.49. The third kappa shape index (κ3) is 6.52. The maximum atomic E-state index is 14.5. The summed E-state index contributed by atoms with van der Waals surface area (Å²) in [6.45, 7) is 0.452. The van der Waals surface area contributed by atoms with E-state index in [1.807, 2.05) is 24.3 Å². The van der Waals surface area contributed by atoms with Crippen LogP contribution in [-0.2, 0) is 30.0 Å². The molecule has 6 atom stereocenters. The van der Waals surface area contributed by atoms with Crippen molar-refractivity contribution in [2.75, 3.05) is 12.3 Å². The van der Waals surface area contributed by atoms with E-state index in [0.717, 1.165) is 10.9 Å². The van der Waals surface area contributed by atoms with Gasteiger partial charge in [-0.1, -0.05) is 71.8 Å². The van der Waals surface area contributed by atoms with Crippen molar-refractivity contribution >= 4 is 41.5 Å². The van der Waals surface area contributed by atoms with Gasteiger partial charge in [-0.3, -0.25) is 13.9 Å². The summed E-state index contributed by atoms with van der Waals surface area (Å²) in [4.78, 5) is 27.9. The van der Waals surface area contributed by atoms with Crippen LogP contribution in [0.25, 0.3) is 32.4 Å². The molecule has 0 spiro atoms. The first-order chi connectivity index (χ1) is 23.1. The molecule has 5 N–H and O–H groups in total. The van der Waals surface area contributed by atoms with Gasteiger partial charge in [0.05, 0.1) is 12.9 Å². The van der Waals surface area contributed by atoms with Crippen LogP contribution in [0, 0.1) is 0 Å². The van der Waals surface area contributed by atoms with Crippen LogP contribution >= 0.6 is 7.75 Å². The van der Waals surface area contributed by atoms with Gasteiger partial charge in [-0.2, -0.15) is 5.09 Å². The molecule has 3 aromatic carbocycles. The van der Waals surface area contributed by atoms with E-state index >= 15 is 0 Å². The number of nitrogen functional groups attached to an aromatic ring is 1. The fourth-order valence-electron chi connectivity index (χ4n) is 5.17. The van der Waals surface area contributed by atoms with Crippen LogP contribution in [0.3, 0.4) is 0 Å². The number of hydrogen-bond acceptors (Lipinski definition) is 13. The lowest BCUT2D eigenvalue weighted by molar-refractivity contribution is -0.146. The fraction of sp³-hybridized carbons (Fsp3) is 0.267. The van der Waals surface area contributed by atoms with E-state index in [-0.39, 0.29) is 29.3 Å². The SMILES string of the molecule is CC(NP(=O)(OCC1(N=[N+]=[N-])OC(n2cnc3c(N)ncnc32)C(O)C1O)Oc1cccc2ccccc12)C(=O)OCc1ccccc1. The molecule has 248 valence electrons. The number of azide groups is 1. The predicted octanol–water partition coefficient (Wildman–Crippen LogP) is 3.74. The number of esters is 1. The van der Waals surface area contributed by atoms with E-state index in [9.17, 15) is 25.1 Å². The zero-order chi connectivity index (χ0) is 33.9. The largest absolute Gasteiger partial charge is 0.460 e. The van der Waals surface area contributed by atoms with Gasteiger partial charge in [-0.15, -0.1) is 0 Å². The molecule has 0 amide bonds. The second-order valence-corrected chi connectivity index (χ2v) is 12.5. The normalized spacial score (nSPS) is 22.5. The monoisotopic (exact) mass is 675 g/mol. The number of hydrogen-bond donors (Lipinski definition) is 4. The van der Waals surface area contributed by atoms with Crippen LogP contribution in [0.5, 0.6) is 5.75 Å². The summed E-state index contributed by atoms with van der Waals surface area (Å²) in [7, 11) is -4.60. The maximum Gasteiger partial charge on any atom is 0.459 e. The van der Waals surface area contributed by atoms with Gasteiger partial charge in [-0.25, -0.2) is 19.5 Å². The minimum atomic E-state index is -4.60. The number of imidazole rings is 1. The molecule has 2 aromatic heterocycles. The number of fused-ring (bicyclic) bond motifs is 2. The van der Waals surface area contributed by atoms with Crippen molar-refractivity contribution in [1.29, 1.82) is 0 Å². The number of nitrogens with one attached hydrogen (secondary N) is 1. The van der Waals surface area contributed by atoms with Crippen LogP contribution in [0.4, 0.5) is 5.82 Å². The summed E-state index contributed by atoms with van der Waals surface area (Å²) >= 11 is 0. The van der Waals surface area contributed by atoms with Crippen molar-refractivity contribution in [2.24, 2.45) is 5.11 Å². The number of carbonyl (C=O) groups is 1. The van der Waals surface area contributed by atoms with Gasteiger partial charge in [0.1, 0.15) is 42.5 Å². The van der Waals surface area contributed by atoms with Crippen molar-refractivity contribution in [3.8, 4) is 5.75 Å². The molecule has 0 saturated carbocycles. The summed E-state index contributed by atoms with van der Waals surface area (Å²) in [5.74, 6) is -0.570. The van der Waals surface area contributed by atoms with Crippen LogP contribution < -0.4 is 15.3 Å². The first-order valence-corrected chi connectivity index (χ1v) is 16.1. The Morgan fingerprint density at radius 3 is 2.69 bits per heavy atom. The second-order valence-electron chi connectivity index (χ2n) is 10.8. The van der Waals surface area contributed by atoms with Gasteiger partial charge in [0.15, 0.2) is 17.7 Å². The molecule has 1 aliphatic heterocycles. The van der Waals surface area contributed by atoms with E-state index in [2.05, 4.69) is 30.1 Å². The Hall–Kier alpha value is -5.12. The molecule has 48 heavy (non-hydrogen) atoms. The topological polar surface area (TPSA) is 242 Å². The Kier molecular flexibility index (Phi) is 9.26. The van der Waals surface area contributed by atoms with Gasteiger partial charge in [-0.05, 0) is 29.5 Å². The minimum absolute atomic E-state index is 0.0418. The number of rotatable bonds is 12. The molecule has 6 rings (SSSR count). The summed E-state index contributed by atoms with van der Waals surface area (Å²) in [6.07, 6.45) is -2.61. The molecule has 6 unspecified atom stereocenters. The third-order valence-corrected chi connectivity index (χ3v) is 9.23. The zero-order valence-corrected chi connectivity index (χ0v) is 26.2. The van der Waals surface area contributed by atoms with Gasteiger partial charge in [0, 0.05) is 10.3 Å². The van der Waals surface area contributed by atoms with Crippen LogP contribution in [0.15, 0.2) is 90.6 Å². The first-order valence-electron chi connectivity index (χ1n) is 14.6. The molecule has 18 heteroatoms. The number of aromatic nitrogens is 4. The number of carbonyl (C=O) groups excluding carboxylic acids is 1. The maximum absolute atomic E-state index is 14.5. The Balaban J connectivity index is 1.28. The Morgan fingerprint density at radius 2 is 1.90 bits per heavy atom. The van der Waals surface area contributed by atoms with Gasteiger partial charge < -0.3 is 29.9 Å². The lowest BCUT2D eigenvalue weighted by atomic mass is 10.1. The highest BCUT2D eigenvalue weighted by atomic mass is 31.2. The molecule has 1 fully saturated rings. The Bertz CT molecular complexity index is 2040. The van der Waals surface area contributed by atoms with Crippen molar-refractivity contribution in [3.05, 3.63) is 101 Å². The van der Waals surface area contributed by atoms with Crippen LogP contribution in [-0.4, -0.2) is 66.3 Å². The molecule has 1 aliphatic rings. The summed E-state index contributed by atoms with van der Waals surface area (Å²) < 4.78 is 38.8. The minimum Gasteiger partial charge on any atom is -0.460 e. The lowest BCUT2D eigenvalue weighted by Gasteiger charge is -2.29. The average Bonchev–Trinajstić information content (AvgIpc) is 3.63. The highest BCUT2D eigenvalue weighted by Gasteiger charge is 2.56. The average molecular weight is 676 g/mol. The van der Waals surface area contributed by atoms with Crippen LogP contribution in [0.1, 0.15) is 18.7 Å². The van der Waals surface area contributed by atoms with Crippen molar-refractivity contribution in [3.63, 3.8) is 0 Å². The van der Waals surface area contributed by atoms with E-state index < -0.39 is 50.5 Å². The van der Waals surface area contributed by atoms with Crippen molar-refractivity contribution in [1.82, 2.24) is 24.6 Å². The van der Waals surface area contributed by atoms with E-state index in [1.165, 1.54) is 24.1 Å². The van der Waals surface area contributed by atoms with Gasteiger partial charge in [0.25, 0.3) is 0 Å². The molecule has 0 radical (unpaired) electrons. The summed E-state index contributed by atoms with van der Waals surface area (Å²) in [6, 6.07) is 19.9. The number of aliphatic hydroxyl groups excluding tert-OH is 2. The molecule has 3 heterocycles. The second kappa shape index (κ2) is 13.5.